The van der Waals surface area contributed by atoms with Crippen molar-refractivity contribution >= 4 is 23.5 Å². The number of pyridine rings is 1. The molecule has 2 rings (SSSR count). The predicted molar refractivity (Wildman–Crippen MR) is 93.8 cm³/mol. The lowest BCUT2D eigenvalue weighted by Crippen LogP contribution is -2.37. The van der Waals surface area contributed by atoms with E-state index in [0.29, 0.717) is 17.0 Å². The van der Waals surface area contributed by atoms with E-state index in [1.54, 1.807) is 24.3 Å². The van der Waals surface area contributed by atoms with Crippen molar-refractivity contribution in [1.82, 2.24) is 9.88 Å². The van der Waals surface area contributed by atoms with Crippen LogP contribution >= 0.6 is 0 Å². The molecule has 0 fully saturated rings. The molecule has 1 aromatic carbocycles. The molecule has 2 aromatic rings. The fourth-order valence-corrected chi connectivity index (χ4v) is 2.01. The van der Waals surface area contributed by atoms with Gasteiger partial charge in [0.1, 0.15) is 5.75 Å². The van der Waals surface area contributed by atoms with Crippen LogP contribution in [-0.4, -0.2) is 55.0 Å². The zero-order chi connectivity index (χ0) is 18.9. The summed E-state index contributed by atoms with van der Waals surface area (Å²) >= 11 is 0. The van der Waals surface area contributed by atoms with Crippen LogP contribution in [0.5, 0.6) is 5.75 Å². The molecule has 26 heavy (non-hydrogen) atoms. The SMILES string of the molecule is COc1cccc(NC(=O)CN(C)C(=O)COC(=O)c2ccncc2)c1. The molecule has 0 aliphatic rings. The monoisotopic (exact) mass is 357 g/mol. The quantitative estimate of drug-likeness (QED) is 0.751. The third-order valence-electron chi connectivity index (χ3n) is 3.40. The Morgan fingerprint density at radius 1 is 1.15 bits per heavy atom. The Hall–Kier alpha value is -3.42. The lowest BCUT2D eigenvalue weighted by atomic mass is 10.3. The summed E-state index contributed by atoms with van der Waals surface area (Å²) in [6.45, 7) is -0.632. The highest BCUT2D eigenvalue weighted by Crippen LogP contribution is 2.16. The van der Waals surface area contributed by atoms with E-state index >= 15 is 0 Å². The number of rotatable bonds is 7. The molecule has 1 aromatic heterocycles. The first kappa shape index (κ1) is 18.9. The molecule has 0 spiro atoms. The van der Waals surface area contributed by atoms with Gasteiger partial charge < -0.3 is 19.7 Å². The number of benzene rings is 1. The van der Waals surface area contributed by atoms with Crippen molar-refractivity contribution in [2.24, 2.45) is 0 Å². The van der Waals surface area contributed by atoms with Crippen LogP contribution in [0.4, 0.5) is 5.69 Å². The minimum Gasteiger partial charge on any atom is -0.497 e. The molecular formula is C18H19N3O5. The van der Waals surface area contributed by atoms with Gasteiger partial charge in [-0.15, -0.1) is 0 Å². The summed E-state index contributed by atoms with van der Waals surface area (Å²) in [7, 11) is 2.98. The van der Waals surface area contributed by atoms with Crippen LogP contribution in [0, 0.1) is 0 Å². The minimum absolute atomic E-state index is 0.178. The van der Waals surface area contributed by atoms with Crippen LogP contribution in [0.3, 0.4) is 0 Å². The number of hydrogen-bond donors (Lipinski definition) is 1. The lowest BCUT2D eigenvalue weighted by molar-refractivity contribution is -0.136. The third-order valence-corrected chi connectivity index (χ3v) is 3.40. The van der Waals surface area contributed by atoms with E-state index in [2.05, 4.69) is 10.3 Å². The summed E-state index contributed by atoms with van der Waals surface area (Å²) in [4.78, 5) is 40.8. The first-order valence-electron chi connectivity index (χ1n) is 7.74. The highest BCUT2D eigenvalue weighted by Gasteiger charge is 2.16. The zero-order valence-electron chi connectivity index (χ0n) is 14.5. The van der Waals surface area contributed by atoms with E-state index in [-0.39, 0.29) is 12.5 Å². The van der Waals surface area contributed by atoms with Gasteiger partial charge in [0.15, 0.2) is 6.61 Å². The molecule has 1 N–H and O–H groups in total. The van der Waals surface area contributed by atoms with Crippen molar-refractivity contribution in [3.63, 3.8) is 0 Å². The molecule has 8 nitrogen and oxygen atoms in total. The van der Waals surface area contributed by atoms with E-state index in [1.807, 2.05) is 0 Å². The van der Waals surface area contributed by atoms with Crippen LogP contribution in [0.15, 0.2) is 48.8 Å². The number of amides is 2. The molecule has 0 radical (unpaired) electrons. The number of nitrogens with zero attached hydrogens (tertiary/aromatic N) is 2. The number of methoxy groups -OCH3 is 1. The predicted octanol–water partition coefficient (Wildman–Crippen LogP) is 1.34. The summed E-state index contributed by atoms with van der Waals surface area (Å²) in [6.07, 6.45) is 2.90. The lowest BCUT2D eigenvalue weighted by Gasteiger charge is -2.17. The van der Waals surface area contributed by atoms with Crippen molar-refractivity contribution in [2.45, 2.75) is 0 Å². The number of hydrogen-bond acceptors (Lipinski definition) is 6. The second kappa shape index (κ2) is 9.16. The smallest absolute Gasteiger partial charge is 0.338 e. The summed E-state index contributed by atoms with van der Waals surface area (Å²) in [5, 5.41) is 2.67. The van der Waals surface area contributed by atoms with Crippen molar-refractivity contribution in [2.75, 3.05) is 32.6 Å². The maximum absolute atomic E-state index is 12.0. The Morgan fingerprint density at radius 3 is 2.58 bits per heavy atom. The molecule has 0 saturated carbocycles. The van der Waals surface area contributed by atoms with Gasteiger partial charge in [-0.2, -0.15) is 0 Å². The van der Waals surface area contributed by atoms with Crippen molar-refractivity contribution < 1.29 is 23.9 Å². The Labute approximate surface area is 150 Å². The summed E-state index contributed by atoms with van der Waals surface area (Å²) in [5.74, 6) is -0.895. The fraction of sp³-hybridized carbons (Fsp3) is 0.222. The average molecular weight is 357 g/mol. The molecule has 0 saturated heterocycles. The van der Waals surface area contributed by atoms with Gasteiger partial charge in [0, 0.05) is 31.2 Å². The minimum atomic E-state index is -0.630. The molecule has 1 heterocycles. The van der Waals surface area contributed by atoms with Crippen molar-refractivity contribution in [3.8, 4) is 5.75 Å². The second-order valence-corrected chi connectivity index (χ2v) is 5.34. The molecule has 0 unspecified atom stereocenters. The van der Waals surface area contributed by atoms with Gasteiger partial charge in [0.25, 0.3) is 5.91 Å². The van der Waals surface area contributed by atoms with Gasteiger partial charge in [-0.25, -0.2) is 4.79 Å². The Bertz CT molecular complexity index is 779. The van der Waals surface area contributed by atoms with E-state index in [4.69, 9.17) is 9.47 Å². The molecule has 0 atom stereocenters. The van der Waals surface area contributed by atoms with E-state index in [1.165, 1.54) is 43.6 Å². The topological polar surface area (TPSA) is 97.8 Å². The summed E-state index contributed by atoms with van der Waals surface area (Å²) in [6, 6.07) is 9.83. The Morgan fingerprint density at radius 2 is 1.88 bits per heavy atom. The van der Waals surface area contributed by atoms with Crippen LogP contribution in [0.2, 0.25) is 0 Å². The average Bonchev–Trinajstić information content (AvgIpc) is 2.66. The molecule has 8 heteroatoms. The van der Waals surface area contributed by atoms with Gasteiger partial charge in [-0.3, -0.25) is 14.6 Å². The standard InChI is InChI=1S/C18H19N3O5/c1-21(11-16(22)20-14-4-3-5-15(10-14)25-2)17(23)12-26-18(24)13-6-8-19-9-7-13/h3-10H,11-12H2,1-2H3,(H,20,22). The number of likely N-dealkylation sites (N-methyl/N-ethyl adjacent to an activating group) is 1. The van der Waals surface area contributed by atoms with Crippen LogP contribution in [0.25, 0.3) is 0 Å². The number of ether oxygens (including phenoxy) is 2. The number of esters is 1. The molecule has 136 valence electrons. The maximum atomic E-state index is 12.0. The van der Waals surface area contributed by atoms with E-state index in [9.17, 15) is 14.4 Å². The first-order valence-corrected chi connectivity index (χ1v) is 7.74. The van der Waals surface area contributed by atoms with Crippen LogP contribution in [-0.2, 0) is 14.3 Å². The van der Waals surface area contributed by atoms with Gasteiger partial charge in [-0.1, -0.05) is 6.07 Å². The number of carbonyl (C=O) groups excluding carboxylic acids is 3. The van der Waals surface area contributed by atoms with Crippen LogP contribution < -0.4 is 10.1 Å². The Balaban J connectivity index is 1.80. The number of aromatic nitrogens is 1. The van der Waals surface area contributed by atoms with Gasteiger partial charge in [-0.05, 0) is 24.3 Å². The summed E-state index contributed by atoms with van der Waals surface area (Å²) < 4.78 is 10.0. The number of anilines is 1. The van der Waals surface area contributed by atoms with E-state index < -0.39 is 18.5 Å². The highest BCUT2D eigenvalue weighted by atomic mass is 16.5. The van der Waals surface area contributed by atoms with E-state index in [0.717, 1.165) is 0 Å². The normalized spacial score (nSPS) is 9.92. The third kappa shape index (κ3) is 5.59. The summed E-state index contributed by atoms with van der Waals surface area (Å²) in [5.41, 5.74) is 0.852. The Kier molecular flexibility index (Phi) is 6.67. The molecule has 0 aliphatic heterocycles. The van der Waals surface area contributed by atoms with Crippen LogP contribution in [0.1, 0.15) is 10.4 Å². The number of nitrogens with one attached hydrogen (secondary N) is 1. The van der Waals surface area contributed by atoms with Gasteiger partial charge in [0.05, 0.1) is 19.2 Å². The van der Waals surface area contributed by atoms with Crippen molar-refractivity contribution in [3.05, 3.63) is 54.4 Å². The molecule has 2 amide bonds. The van der Waals surface area contributed by atoms with Crippen molar-refractivity contribution in [1.29, 1.82) is 0 Å². The fourth-order valence-electron chi connectivity index (χ4n) is 2.01. The maximum Gasteiger partial charge on any atom is 0.338 e. The molecule has 0 aliphatic carbocycles. The second-order valence-electron chi connectivity index (χ2n) is 5.34. The largest absolute Gasteiger partial charge is 0.497 e. The zero-order valence-corrected chi connectivity index (χ0v) is 14.5. The molecule has 0 bridgehead atoms. The van der Waals surface area contributed by atoms with Gasteiger partial charge >= 0.3 is 5.97 Å². The highest BCUT2D eigenvalue weighted by molar-refractivity contribution is 5.95. The first-order chi connectivity index (χ1) is 12.5. The molecular weight excluding hydrogens is 338 g/mol. The number of carbonyl (C=O) groups is 3. The van der Waals surface area contributed by atoms with Gasteiger partial charge in [0.2, 0.25) is 5.91 Å².